The van der Waals surface area contributed by atoms with E-state index in [9.17, 15) is 9.59 Å². The summed E-state index contributed by atoms with van der Waals surface area (Å²) >= 11 is 0. The Morgan fingerprint density at radius 2 is 2.05 bits per heavy atom. The van der Waals surface area contributed by atoms with Gasteiger partial charge in [0, 0.05) is 17.8 Å². The molecule has 20 heavy (non-hydrogen) atoms. The molecule has 2 rings (SSSR count). The zero-order valence-electron chi connectivity index (χ0n) is 11.6. The number of carbonyl (C=O) groups excluding carboxylic acids is 1. The highest BCUT2D eigenvalue weighted by Gasteiger charge is 2.15. The van der Waals surface area contributed by atoms with Gasteiger partial charge in [0.15, 0.2) is 11.2 Å². The average Bonchev–Trinajstić information content (AvgIpc) is 2.37. The number of amides is 1. The summed E-state index contributed by atoms with van der Waals surface area (Å²) in [4.78, 5) is 27.8. The van der Waals surface area contributed by atoms with Crippen LogP contribution in [0.1, 0.15) is 40.7 Å². The predicted molar refractivity (Wildman–Crippen MR) is 74.6 cm³/mol. The highest BCUT2D eigenvalue weighted by atomic mass is 16.3. The second-order valence-corrected chi connectivity index (χ2v) is 4.67. The minimum atomic E-state index is -0.429. The van der Waals surface area contributed by atoms with Crippen molar-refractivity contribution < 1.29 is 9.21 Å². The molecule has 0 radical (unpaired) electrons. The molecule has 5 nitrogen and oxygen atoms in total. The van der Waals surface area contributed by atoms with Gasteiger partial charge in [0.05, 0.1) is 11.7 Å². The second-order valence-electron chi connectivity index (χ2n) is 4.67. The summed E-state index contributed by atoms with van der Waals surface area (Å²) in [5, 5.41) is 2.76. The van der Waals surface area contributed by atoms with Crippen LogP contribution in [0.3, 0.4) is 0 Å². The summed E-state index contributed by atoms with van der Waals surface area (Å²) in [6.45, 7) is 5.34. The smallest absolute Gasteiger partial charge is 0.287 e. The van der Waals surface area contributed by atoms with Crippen LogP contribution < -0.4 is 10.7 Å². The van der Waals surface area contributed by atoms with Crippen molar-refractivity contribution in [2.24, 2.45) is 0 Å². The number of aryl methyl sites for hydroxylation is 2. The minimum Gasteiger partial charge on any atom is -0.456 e. The van der Waals surface area contributed by atoms with Crippen LogP contribution in [-0.4, -0.2) is 10.9 Å². The second kappa shape index (κ2) is 5.69. The normalized spacial score (nSPS) is 11.9. The summed E-state index contributed by atoms with van der Waals surface area (Å²) in [6.07, 6.45) is 0. The first-order valence-corrected chi connectivity index (χ1v) is 6.32. The van der Waals surface area contributed by atoms with Crippen LogP contribution in [0.4, 0.5) is 0 Å². The van der Waals surface area contributed by atoms with E-state index in [0.29, 0.717) is 5.76 Å². The lowest BCUT2D eigenvalue weighted by molar-refractivity contribution is 0.0907. The number of carbonyl (C=O) groups is 1. The Hall–Kier alpha value is -2.43. The van der Waals surface area contributed by atoms with Crippen molar-refractivity contribution in [3.05, 3.63) is 63.5 Å². The van der Waals surface area contributed by atoms with Crippen molar-refractivity contribution >= 4 is 5.91 Å². The molecule has 0 saturated carbocycles. The fourth-order valence-corrected chi connectivity index (χ4v) is 1.86. The first-order valence-electron chi connectivity index (χ1n) is 6.32. The van der Waals surface area contributed by atoms with Crippen molar-refractivity contribution in [2.75, 3.05) is 0 Å². The maximum absolute atomic E-state index is 12.0. The van der Waals surface area contributed by atoms with Gasteiger partial charge >= 0.3 is 0 Å². The third-order valence-electron chi connectivity index (χ3n) is 2.81. The molecule has 2 heterocycles. The van der Waals surface area contributed by atoms with E-state index in [-0.39, 0.29) is 17.2 Å². The largest absolute Gasteiger partial charge is 0.456 e. The molecule has 0 saturated heterocycles. The Balaban J connectivity index is 2.17. The van der Waals surface area contributed by atoms with E-state index in [2.05, 4.69) is 10.3 Å². The van der Waals surface area contributed by atoms with E-state index < -0.39 is 5.91 Å². The Bertz CT molecular complexity index is 692. The summed E-state index contributed by atoms with van der Waals surface area (Å²) in [7, 11) is 0. The van der Waals surface area contributed by atoms with E-state index in [1.54, 1.807) is 6.92 Å². The first kappa shape index (κ1) is 14.0. The molecular formula is C15H16N2O3. The van der Waals surface area contributed by atoms with Crippen molar-refractivity contribution in [3.8, 4) is 0 Å². The van der Waals surface area contributed by atoms with Crippen molar-refractivity contribution in [2.45, 2.75) is 26.8 Å². The molecule has 5 heteroatoms. The third kappa shape index (κ3) is 3.32. The Morgan fingerprint density at radius 1 is 1.30 bits per heavy atom. The molecule has 1 unspecified atom stereocenters. The topological polar surface area (TPSA) is 72.2 Å². The zero-order valence-corrected chi connectivity index (χ0v) is 11.6. The molecule has 1 amide bonds. The standard InChI is InChI=1S/C15H16N2O3/c1-9-5-4-6-13(16-9)11(3)17-15(19)14-8-12(18)7-10(2)20-14/h4-8,11H,1-3H3,(H,17,19). The maximum atomic E-state index is 12.0. The predicted octanol–water partition coefficient (Wildman–Crippen LogP) is 2.14. The van der Waals surface area contributed by atoms with Crippen LogP contribution in [0.2, 0.25) is 0 Å². The number of hydrogen-bond acceptors (Lipinski definition) is 4. The van der Waals surface area contributed by atoms with Crippen LogP contribution in [0.5, 0.6) is 0 Å². The van der Waals surface area contributed by atoms with E-state index in [4.69, 9.17) is 4.42 Å². The molecule has 1 N–H and O–H groups in total. The number of aromatic nitrogens is 1. The Morgan fingerprint density at radius 3 is 2.70 bits per heavy atom. The average molecular weight is 272 g/mol. The van der Waals surface area contributed by atoms with E-state index >= 15 is 0 Å². The molecule has 0 spiro atoms. The molecule has 0 aromatic carbocycles. The molecule has 1 atom stereocenters. The molecule has 2 aromatic rings. The van der Waals surface area contributed by atoms with Gasteiger partial charge in [-0.25, -0.2) is 0 Å². The van der Waals surface area contributed by atoms with Crippen molar-refractivity contribution in [1.82, 2.24) is 10.3 Å². The van der Waals surface area contributed by atoms with Crippen molar-refractivity contribution in [1.29, 1.82) is 0 Å². The van der Waals surface area contributed by atoms with Crippen LogP contribution >= 0.6 is 0 Å². The lowest BCUT2D eigenvalue weighted by Crippen LogP contribution is -2.28. The lowest BCUT2D eigenvalue weighted by atomic mass is 10.2. The molecule has 0 aliphatic carbocycles. The Kier molecular flexibility index (Phi) is 3.98. The maximum Gasteiger partial charge on any atom is 0.287 e. The van der Waals surface area contributed by atoms with Gasteiger partial charge in [-0.1, -0.05) is 6.07 Å². The molecular weight excluding hydrogens is 256 g/mol. The number of nitrogens with one attached hydrogen (secondary N) is 1. The van der Waals surface area contributed by atoms with Gasteiger partial charge in [0.2, 0.25) is 0 Å². The molecule has 104 valence electrons. The molecule has 2 aromatic heterocycles. The summed E-state index contributed by atoms with van der Waals surface area (Å²) in [6, 6.07) is 7.85. The minimum absolute atomic E-state index is 0.00880. The third-order valence-corrected chi connectivity index (χ3v) is 2.81. The quantitative estimate of drug-likeness (QED) is 0.929. The number of pyridine rings is 1. The van der Waals surface area contributed by atoms with E-state index in [0.717, 1.165) is 11.4 Å². The molecule has 0 aliphatic rings. The summed E-state index contributed by atoms with van der Waals surface area (Å²) in [5.74, 6) is -0.0138. The van der Waals surface area contributed by atoms with Gasteiger partial charge in [0.25, 0.3) is 5.91 Å². The molecule has 0 fully saturated rings. The first-order chi connectivity index (χ1) is 9.45. The zero-order chi connectivity index (χ0) is 14.7. The van der Waals surface area contributed by atoms with Gasteiger partial charge in [-0.3, -0.25) is 14.6 Å². The number of nitrogens with zero attached hydrogens (tertiary/aromatic N) is 1. The summed E-state index contributed by atoms with van der Waals surface area (Å²) < 4.78 is 5.25. The monoisotopic (exact) mass is 272 g/mol. The van der Waals surface area contributed by atoms with Gasteiger partial charge in [-0.15, -0.1) is 0 Å². The van der Waals surface area contributed by atoms with Crippen molar-refractivity contribution in [3.63, 3.8) is 0 Å². The molecule has 0 aliphatic heterocycles. The van der Waals surface area contributed by atoms with E-state index in [1.165, 1.54) is 12.1 Å². The van der Waals surface area contributed by atoms with Gasteiger partial charge in [-0.2, -0.15) is 0 Å². The van der Waals surface area contributed by atoms with Crippen LogP contribution in [0.15, 0.2) is 39.5 Å². The lowest BCUT2D eigenvalue weighted by Gasteiger charge is -2.13. The number of hydrogen-bond donors (Lipinski definition) is 1. The highest BCUT2D eigenvalue weighted by Crippen LogP contribution is 2.11. The summed E-state index contributed by atoms with van der Waals surface area (Å²) in [5.41, 5.74) is 1.39. The fourth-order valence-electron chi connectivity index (χ4n) is 1.86. The highest BCUT2D eigenvalue weighted by molar-refractivity contribution is 5.91. The van der Waals surface area contributed by atoms with Crippen LogP contribution in [0.25, 0.3) is 0 Å². The van der Waals surface area contributed by atoms with Gasteiger partial charge in [-0.05, 0) is 32.9 Å². The SMILES string of the molecule is Cc1cccc(C(C)NC(=O)c2cc(=O)cc(C)o2)n1. The van der Waals surface area contributed by atoms with Crippen LogP contribution in [0, 0.1) is 13.8 Å². The van der Waals surface area contributed by atoms with Gasteiger partial charge < -0.3 is 9.73 Å². The molecule has 0 bridgehead atoms. The Labute approximate surface area is 116 Å². The fraction of sp³-hybridized carbons (Fsp3) is 0.267. The van der Waals surface area contributed by atoms with Crippen LogP contribution in [-0.2, 0) is 0 Å². The van der Waals surface area contributed by atoms with Gasteiger partial charge in [0.1, 0.15) is 5.76 Å². The van der Waals surface area contributed by atoms with E-state index in [1.807, 2.05) is 32.0 Å². The number of rotatable bonds is 3.